The van der Waals surface area contributed by atoms with Crippen LogP contribution in [-0.2, 0) is 25.3 Å². The van der Waals surface area contributed by atoms with Crippen LogP contribution in [0.25, 0.3) is 22.3 Å². The summed E-state index contributed by atoms with van der Waals surface area (Å²) in [6.45, 7) is 0. The summed E-state index contributed by atoms with van der Waals surface area (Å²) in [4.78, 5) is 45.7. The van der Waals surface area contributed by atoms with Gasteiger partial charge in [0.1, 0.15) is 11.4 Å². The highest BCUT2D eigenvalue weighted by molar-refractivity contribution is 7.14. The summed E-state index contributed by atoms with van der Waals surface area (Å²) in [7, 11) is 2.82. The van der Waals surface area contributed by atoms with E-state index in [0.29, 0.717) is 16.8 Å². The number of nitrogens with one attached hydrogen (secondary N) is 1. The number of hydrogen-bond donors (Lipinski definition) is 1. The minimum absolute atomic E-state index is 0.156. The van der Waals surface area contributed by atoms with Crippen LogP contribution in [0.4, 0.5) is 18.3 Å². The smallest absolute Gasteiger partial charge is 0.406 e. The maximum absolute atomic E-state index is 12.6. The van der Waals surface area contributed by atoms with Crippen LogP contribution >= 0.6 is 11.3 Å². The lowest BCUT2D eigenvalue weighted by Gasteiger charge is -2.10. The second kappa shape index (κ2) is 8.74. The van der Waals surface area contributed by atoms with Crippen LogP contribution in [0.2, 0.25) is 0 Å². The highest BCUT2D eigenvalue weighted by atomic mass is 32.1. The van der Waals surface area contributed by atoms with Gasteiger partial charge in [-0.25, -0.2) is 14.8 Å². The molecule has 34 heavy (non-hydrogen) atoms. The molecule has 0 atom stereocenters. The number of aryl methyl sites for hydroxylation is 1. The van der Waals surface area contributed by atoms with Gasteiger partial charge in [0.25, 0.3) is 5.56 Å². The first-order valence-electron chi connectivity index (χ1n) is 9.68. The van der Waals surface area contributed by atoms with Gasteiger partial charge in [0.15, 0.2) is 5.13 Å². The summed E-state index contributed by atoms with van der Waals surface area (Å²) in [5, 5.41) is 4.58. The van der Waals surface area contributed by atoms with Crippen molar-refractivity contribution in [2.24, 2.45) is 14.1 Å². The van der Waals surface area contributed by atoms with E-state index in [2.05, 4.69) is 20.0 Å². The van der Waals surface area contributed by atoms with Crippen molar-refractivity contribution in [2.45, 2.75) is 12.8 Å². The number of rotatable bonds is 5. The van der Waals surface area contributed by atoms with Gasteiger partial charge in [0, 0.05) is 31.2 Å². The Labute approximate surface area is 193 Å². The van der Waals surface area contributed by atoms with Crippen molar-refractivity contribution >= 4 is 33.4 Å². The van der Waals surface area contributed by atoms with Crippen molar-refractivity contribution in [3.8, 4) is 17.0 Å². The molecule has 0 unspecified atom stereocenters. The summed E-state index contributed by atoms with van der Waals surface area (Å²) in [6.07, 6.45) is -3.60. The van der Waals surface area contributed by atoms with Crippen LogP contribution in [0.3, 0.4) is 0 Å². The second-order valence-electron chi connectivity index (χ2n) is 7.21. The summed E-state index contributed by atoms with van der Waals surface area (Å²) in [5.74, 6) is -0.859. The van der Waals surface area contributed by atoms with Crippen molar-refractivity contribution in [2.75, 3.05) is 5.32 Å². The van der Waals surface area contributed by atoms with Crippen LogP contribution in [0.5, 0.6) is 5.75 Å². The fraction of sp³-hybridized carbons (Fsp3) is 0.190. The van der Waals surface area contributed by atoms with Gasteiger partial charge < -0.3 is 10.1 Å². The molecule has 0 saturated heterocycles. The topological polar surface area (TPSA) is 108 Å². The van der Waals surface area contributed by atoms with Crippen LogP contribution < -0.4 is 21.3 Å². The summed E-state index contributed by atoms with van der Waals surface area (Å²) >= 11 is 1.09. The quantitative estimate of drug-likeness (QED) is 0.460. The number of carbonyl (C=O) groups is 1. The highest BCUT2D eigenvalue weighted by Crippen LogP contribution is 2.30. The van der Waals surface area contributed by atoms with Gasteiger partial charge in [0.05, 0.1) is 17.5 Å². The van der Waals surface area contributed by atoms with E-state index in [1.54, 1.807) is 11.4 Å². The third-order valence-electron chi connectivity index (χ3n) is 4.89. The second-order valence-corrected chi connectivity index (χ2v) is 8.07. The maximum atomic E-state index is 12.6. The molecule has 0 spiro atoms. The Kier molecular flexibility index (Phi) is 5.96. The average molecular weight is 491 g/mol. The number of pyridine rings is 1. The lowest BCUT2D eigenvalue weighted by Crippen LogP contribution is -2.37. The van der Waals surface area contributed by atoms with Crippen LogP contribution in [0.1, 0.15) is 5.56 Å². The molecule has 4 aromatic rings. The molecule has 0 saturated carbocycles. The minimum atomic E-state index is -4.82. The molecule has 9 nitrogen and oxygen atoms in total. The van der Waals surface area contributed by atoms with E-state index in [1.807, 2.05) is 0 Å². The normalized spacial score (nSPS) is 11.6. The number of hydrogen-bond acceptors (Lipinski definition) is 7. The lowest BCUT2D eigenvalue weighted by molar-refractivity contribution is -0.274. The Hall–Kier alpha value is -4.00. The van der Waals surface area contributed by atoms with Crippen LogP contribution in [0, 0.1) is 0 Å². The fourth-order valence-electron chi connectivity index (χ4n) is 3.35. The predicted octanol–water partition coefficient (Wildman–Crippen LogP) is 2.84. The van der Waals surface area contributed by atoms with Gasteiger partial charge in [-0.15, -0.1) is 24.5 Å². The molecule has 0 aliphatic carbocycles. The molecule has 4 rings (SSSR count). The number of fused-ring (bicyclic) bond motifs is 1. The zero-order chi connectivity index (χ0) is 24.6. The number of alkyl halides is 3. The van der Waals surface area contributed by atoms with Crippen molar-refractivity contribution in [1.82, 2.24) is 19.1 Å². The van der Waals surface area contributed by atoms with Gasteiger partial charge in [-0.2, -0.15) is 0 Å². The van der Waals surface area contributed by atoms with Gasteiger partial charge in [-0.05, 0) is 23.8 Å². The SMILES string of the molecule is Cn1c(=O)c2c(CC(=O)Nc3nc(-c4cccc(OC(F)(F)F)c4)cs3)ccnc2n(C)c1=O. The molecule has 13 heteroatoms. The predicted molar refractivity (Wildman–Crippen MR) is 119 cm³/mol. The highest BCUT2D eigenvalue weighted by Gasteiger charge is 2.31. The summed E-state index contributed by atoms with van der Waals surface area (Å²) in [5.41, 5.74) is 0.177. The number of anilines is 1. The number of nitrogens with zero attached hydrogens (tertiary/aromatic N) is 4. The van der Waals surface area contributed by atoms with Crippen molar-refractivity contribution in [3.63, 3.8) is 0 Å². The van der Waals surface area contributed by atoms with Crippen LogP contribution in [0.15, 0.2) is 51.5 Å². The minimum Gasteiger partial charge on any atom is -0.406 e. The van der Waals surface area contributed by atoms with E-state index < -0.39 is 23.5 Å². The van der Waals surface area contributed by atoms with Gasteiger partial charge in [-0.3, -0.25) is 18.7 Å². The standard InChI is InChI=1S/C21H16F3N5O4S/c1-28-17-16(18(31)29(2)20(28)32)12(6-7-25-17)9-15(30)27-19-26-14(10-34-19)11-4-3-5-13(8-11)33-21(22,23)24/h3-8,10H,9H2,1-2H3,(H,26,27,30). The first-order valence-corrected chi connectivity index (χ1v) is 10.6. The molecule has 0 bridgehead atoms. The van der Waals surface area contributed by atoms with Gasteiger partial charge >= 0.3 is 12.1 Å². The molecule has 3 aromatic heterocycles. The van der Waals surface area contributed by atoms with E-state index in [1.165, 1.54) is 49.1 Å². The number of benzene rings is 1. The van der Waals surface area contributed by atoms with E-state index >= 15 is 0 Å². The average Bonchev–Trinajstić information content (AvgIpc) is 3.23. The fourth-order valence-corrected chi connectivity index (χ4v) is 4.08. The van der Waals surface area contributed by atoms with E-state index in [9.17, 15) is 27.6 Å². The third kappa shape index (κ3) is 4.69. The van der Waals surface area contributed by atoms with E-state index in [-0.39, 0.29) is 28.3 Å². The zero-order valence-corrected chi connectivity index (χ0v) is 18.5. The van der Waals surface area contributed by atoms with Gasteiger partial charge in [0.2, 0.25) is 5.91 Å². The first-order chi connectivity index (χ1) is 16.0. The molecular formula is C21H16F3N5O4S. The molecule has 1 N–H and O–H groups in total. The monoisotopic (exact) mass is 491 g/mol. The molecule has 176 valence electrons. The number of carbonyl (C=O) groups excluding carboxylic acids is 1. The molecular weight excluding hydrogens is 475 g/mol. The molecule has 3 heterocycles. The summed E-state index contributed by atoms with van der Waals surface area (Å²) < 4.78 is 43.5. The molecule has 1 amide bonds. The van der Waals surface area contributed by atoms with Crippen molar-refractivity contribution in [3.05, 3.63) is 68.3 Å². The van der Waals surface area contributed by atoms with E-state index in [0.717, 1.165) is 15.9 Å². The van der Waals surface area contributed by atoms with Crippen LogP contribution in [-0.4, -0.2) is 31.4 Å². The Balaban J connectivity index is 1.55. The number of aromatic nitrogens is 4. The number of ether oxygens (including phenoxy) is 1. The van der Waals surface area contributed by atoms with E-state index in [4.69, 9.17) is 0 Å². The third-order valence-corrected chi connectivity index (χ3v) is 5.65. The Morgan fingerprint density at radius 2 is 1.94 bits per heavy atom. The maximum Gasteiger partial charge on any atom is 0.573 e. The lowest BCUT2D eigenvalue weighted by atomic mass is 10.1. The molecule has 0 radical (unpaired) electrons. The zero-order valence-electron chi connectivity index (χ0n) is 17.7. The molecule has 1 aromatic carbocycles. The largest absolute Gasteiger partial charge is 0.573 e. The van der Waals surface area contributed by atoms with Crippen molar-refractivity contribution < 1.29 is 22.7 Å². The molecule has 0 aliphatic heterocycles. The summed E-state index contributed by atoms with van der Waals surface area (Å²) in [6, 6.07) is 6.85. The van der Waals surface area contributed by atoms with Crippen molar-refractivity contribution in [1.29, 1.82) is 0 Å². The number of halogens is 3. The Morgan fingerprint density at radius 3 is 2.68 bits per heavy atom. The molecule has 0 fully saturated rings. The van der Waals surface area contributed by atoms with Gasteiger partial charge in [-0.1, -0.05) is 12.1 Å². The Bertz CT molecular complexity index is 1520. The number of amides is 1. The number of thiazole rings is 1. The molecule has 0 aliphatic rings. The Morgan fingerprint density at radius 1 is 1.18 bits per heavy atom. The first kappa shape index (κ1) is 23.2.